The van der Waals surface area contributed by atoms with Crippen LogP contribution in [0.5, 0.6) is 0 Å². The van der Waals surface area contributed by atoms with Crippen molar-refractivity contribution in [2.75, 3.05) is 26.4 Å². The van der Waals surface area contributed by atoms with E-state index in [1.54, 1.807) is 0 Å². The molecule has 122 valence electrons. The first-order valence-corrected chi connectivity index (χ1v) is 8.14. The normalized spacial score (nSPS) is 21.7. The third-order valence-corrected chi connectivity index (χ3v) is 3.61. The quantitative estimate of drug-likeness (QED) is 0.411. The fraction of sp³-hybridized carbons (Fsp3) is 0.875. The zero-order valence-corrected chi connectivity index (χ0v) is 13.1. The summed E-state index contributed by atoms with van der Waals surface area (Å²) in [6.07, 6.45) is 8.39. The monoisotopic (exact) mass is 300 g/mol. The molecular weight excluding hydrogens is 272 g/mol. The van der Waals surface area contributed by atoms with E-state index in [9.17, 15) is 9.59 Å². The molecule has 0 aromatic carbocycles. The summed E-state index contributed by atoms with van der Waals surface area (Å²) >= 11 is 0. The third kappa shape index (κ3) is 8.83. The highest BCUT2D eigenvalue weighted by atomic mass is 16.6. The van der Waals surface area contributed by atoms with Crippen molar-refractivity contribution in [1.29, 1.82) is 0 Å². The number of esters is 2. The van der Waals surface area contributed by atoms with E-state index in [1.807, 2.05) is 0 Å². The lowest BCUT2D eigenvalue weighted by Gasteiger charge is -2.09. The second-order valence-corrected chi connectivity index (χ2v) is 5.48. The van der Waals surface area contributed by atoms with Gasteiger partial charge in [-0.05, 0) is 6.42 Å². The maximum atomic E-state index is 11.1. The molecule has 1 unspecified atom stereocenters. The first-order valence-electron chi connectivity index (χ1n) is 8.14. The average molecular weight is 300 g/mol. The Morgan fingerprint density at radius 2 is 1.48 bits per heavy atom. The molecule has 2 fully saturated rings. The van der Waals surface area contributed by atoms with E-state index in [2.05, 4.69) is 11.7 Å². The van der Waals surface area contributed by atoms with Gasteiger partial charge in [-0.2, -0.15) is 0 Å². The van der Waals surface area contributed by atoms with Crippen molar-refractivity contribution in [2.45, 2.75) is 58.3 Å². The Morgan fingerprint density at radius 3 is 1.95 bits per heavy atom. The second-order valence-electron chi connectivity index (χ2n) is 5.48. The smallest absolute Gasteiger partial charge is 0.317 e. The van der Waals surface area contributed by atoms with E-state index >= 15 is 0 Å². The van der Waals surface area contributed by atoms with E-state index in [1.165, 1.54) is 25.7 Å². The molecule has 2 heterocycles. The lowest BCUT2D eigenvalue weighted by atomic mass is 9.99. The predicted molar refractivity (Wildman–Crippen MR) is 78.8 cm³/mol. The number of rotatable bonds is 7. The molecule has 0 spiro atoms. The standard InChI is InChI=1S/C12H20O3.C4H8O2/c1-2-3-4-5-6-7-8-10-9-11(13)15-12(10)14;1-2-6-4-3-5-1/h10H,2-9H2,1H3;1-4H2. The van der Waals surface area contributed by atoms with E-state index < -0.39 is 0 Å². The van der Waals surface area contributed by atoms with Crippen LogP contribution in [0.3, 0.4) is 0 Å². The number of carbonyl (C=O) groups is 2. The fourth-order valence-electron chi connectivity index (χ4n) is 2.35. The summed E-state index contributed by atoms with van der Waals surface area (Å²) in [5, 5.41) is 0. The van der Waals surface area contributed by atoms with Crippen LogP contribution in [-0.2, 0) is 23.8 Å². The molecule has 0 aliphatic carbocycles. The highest BCUT2D eigenvalue weighted by molar-refractivity contribution is 5.94. The maximum absolute atomic E-state index is 11.1. The third-order valence-electron chi connectivity index (χ3n) is 3.61. The number of ether oxygens (including phenoxy) is 3. The van der Waals surface area contributed by atoms with Crippen LogP contribution in [0.15, 0.2) is 0 Å². The largest absolute Gasteiger partial charge is 0.393 e. The van der Waals surface area contributed by atoms with Gasteiger partial charge in [0.2, 0.25) is 0 Å². The molecule has 1 atom stereocenters. The van der Waals surface area contributed by atoms with Gasteiger partial charge in [-0.1, -0.05) is 45.4 Å². The molecule has 2 aliphatic rings. The molecule has 0 radical (unpaired) electrons. The fourth-order valence-corrected chi connectivity index (χ4v) is 2.35. The van der Waals surface area contributed by atoms with Gasteiger partial charge in [0.1, 0.15) is 0 Å². The number of cyclic esters (lactones) is 2. The molecule has 5 heteroatoms. The summed E-state index contributed by atoms with van der Waals surface area (Å²) in [5.41, 5.74) is 0. The topological polar surface area (TPSA) is 61.8 Å². The lowest BCUT2D eigenvalue weighted by molar-refractivity contribution is -0.153. The van der Waals surface area contributed by atoms with Crippen molar-refractivity contribution in [3.8, 4) is 0 Å². The van der Waals surface area contributed by atoms with Gasteiger partial charge in [-0.25, -0.2) is 0 Å². The Balaban J connectivity index is 0.000000304. The number of unbranched alkanes of at least 4 members (excludes halogenated alkanes) is 5. The van der Waals surface area contributed by atoms with Crippen LogP contribution < -0.4 is 0 Å². The van der Waals surface area contributed by atoms with Crippen molar-refractivity contribution in [3.63, 3.8) is 0 Å². The van der Waals surface area contributed by atoms with Gasteiger partial charge in [0.15, 0.2) is 0 Å². The maximum Gasteiger partial charge on any atom is 0.317 e. The van der Waals surface area contributed by atoms with Crippen LogP contribution in [0.4, 0.5) is 0 Å². The van der Waals surface area contributed by atoms with E-state index in [-0.39, 0.29) is 17.9 Å². The van der Waals surface area contributed by atoms with Crippen molar-refractivity contribution in [1.82, 2.24) is 0 Å². The Kier molecular flexibility index (Phi) is 10.1. The molecule has 21 heavy (non-hydrogen) atoms. The van der Waals surface area contributed by atoms with Gasteiger partial charge in [0.05, 0.1) is 38.8 Å². The summed E-state index contributed by atoms with van der Waals surface area (Å²) in [6.45, 7) is 5.31. The van der Waals surface area contributed by atoms with Gasteiger partial charge in [0.25, 0.3) is 0 Å². The Labute approximate surface area is 127 Å². The molecule has 0 amide bonds. The summed E-state index contributed by atoms with van der Waals surface area (Å²) in [6, 6.07) is 0. The molecule has 2 rings (SSSR count). The van der Waals surface area contributed by atoms with Crippen LogP contribution in [0.2, 0.25) is 0 Å². The van der Waals surface area contributed by atoms with E-state index in [0.717, 1.165) is 45.7 Å². The Morgan fingerprint density at radius 1 is 0.905 bits per heavy atom. The van der Waals surface area contributed by atoms with Gasteiger partial charge >= 0.3 is 11.9 Å². The van der Waals surface area contributed by atoms with Gasteiger partial charge in [-0.3, -0.25) is 9.59 Å². The van der Waals surface area contributed by atoms with E-state index in [0.29, 0.717) is 6.42 Å². The molecule has 0 aromatic heterocycles. The van der Waals surface area contributed by atoms with E-state index in [4.69, 9.17) is 9.47 Å². The molecule has 0 saturated carbocycles. The zero-order valence-electron chi connectivity index (χ0n) is 13.1. The predicted octanol–water partition coefficient (Wildman–Crippen LogP) is 2.86. The molecule has 0 N–H and O–H groups in total. The van der Waals surface area contributed by atoms with Gasteiger partial charge in [0, 0.05) is 0 Å². The minimum absolute atomic E-state index is 0.149. The van der Waals surface area contributed by atoms with Crippen LogP contribution in [0.1, 0.15) is 58.3 Å². The SMILES string of the molecule is C1COCCO1.CCCCCCCCC1CC(=O)OC1=O. The molecule has 0 aromatic rings. The van der Waals surface area contributed by atoms with Crippen molar-refractivity contribution in [3.05, 3.63) is 0 Å². The first-order chi connectivity index (χ1) is 10.2. The minimum Gasteiger partial charge on any atom is -0.393 e. The highest BCUT2D eigenvalue weighted by Gasteiger charge is 2.32. The van der Waals surface area contributed by atoms with Crippen molar-refractivity contribution >= 4 is 11.9 Å². The molecule has 2 saturated heterocycles. The van der Waals surface area contributed by atoms with Gasteiger partial charge in [-0.15, -0.1) is 0 Å². The second kappa shape index (κ2) is 11.7. The van der Waals surface area contributed by atoms with Gasteiger partial charge < -0.3 is 14.2 Å². The summed E-state index contributed by atoms with van der Waals surface area (Å²) in [4.78, 5) is 21.9. The molecule has 2 aliphatic heterocycles. The average Bonchev–Trinajstić information content (AvgIpc) is 2.83. The summed E-state index contributed by atoms with van der Waals surface area (Å²) in [5.74, 6) is -0.812. The first kappa shape index (κ1) is 18.1. The van der Waals surface area contributed by atoms with Crippen LogP contribution in [-0.4, -0.2) is 38.4 Å². The lowest BCUT2D eigenvalue weighted by Crippen LogP contribution is -2.16. The Bertz CT molecular complexity index is 288. The number of hydrogen-bond donors (Lipinski definition) is 0. The summed E-state index contributed by atoms with van der Waals surface area (Å²) in [7, 11) is 0. The summed E-state index contributed by atoms with van der Waals surface area (Å²) < 4.78 is 14.4. The minimum atomic E-state index is -0.351. The van der Waals surface area contributed by atoms with Crippen LogP contribution >= 0.6 is 0 Å². The highest BCUT2D eigenvalue weighted by Crippen LogP contribution is 2.22. The van der Waals surface area contributed by atoms with Crippen molar-refractivity contribution < 1.29 is 23.8 Å². The molecule has 5 nitrogen and oxygen atoms in total. The number of carbonyl (C=O) groups excluding carboxylic acids is 2. The van der Waals surface area contributed by atoms with Crippen LogP contribution in [0.25, 0.3) is 0 Å². The Hall–Kier alpha value is -0.940. The van der Waals surface area contributed by atoms with Crippen molar-refractivity contribution in [2.24, 2.45) is 5.92 Å². The molecule has 0 bridgehead atoms. The van der Waals surface area contributed by atoms with Crippen LogP contribution in [0, 0.1) is 5.92 Å². The molecular formula is C16H28O5. The zero-order chi connectivity index (χ0) is 15.3. The number of hydrogen-bond acceptors (Lipinski definition) is 5.